The van der Waals surface area contributed by atoms with Crippen LogP contribution in [0.3, 0.4) is 0 Å². The molecular weight excluding hydrogens is 276 g/mol. The largest absolute Gasteiger partial charge is 0.489 e. The third-order valence-corrected chi connectivity index (χ3v) is 4.02. The second-order valence-corrected chi connectivity index (χ2v) is 5.56. The highest BCUT2D eigenvalue weighted by Crippen LogP contribution is 2.28. The third-order valence-electron chi connectivity index (χ3n) is 3.16. The minimum Gasteiger partial charge on any atom is -0.489 e. The van der Waals surface area contributed by atoms with E-state index < -0.39 is 0 Å². The van der Waals surface area contributed by atoms with Gasteiger partial charge in [0.1, 0.15) is 12.4 Å². The number of rotatable bonds is 4. The lowest BCUT2D eigenvalue weighted by Gasteiger charge is -2.07. The van der Waals surface area contributed by atoms with E-state index in [2.05, 4.69) is 29.5 Å². The summed E-state index contributed by atoms with van der Waals surface area (Å²) in [6.45, 7) is 0.573. The van der Waals surface area contributed by atoms with Gasteiger partial charge in [0.25, 0.3) is 0 Å². The number of hydrogen-bond acceptors (Lipinski definition) is 2. The summed E-state index contributed by atoms with van der Waals surface area (Å²) < 4.78 is 5.85. The summed E-state index contributed by atoms with van der Waals surface area (Å²) >= 11 is 1.58. The lowest BCUT2D eigenvalue weighted by atomic mass is 10.1. The van der Waals surface area contributed by atoms with E-state index in [0.29, 0.717) is 6.61 Å². The first-order valence-corrected chi connectivity index (χ1v) is 7.55. The molecule has 0 N–H and O–H groups in total. The average Bonchev–Trinajstić information content (AvgIpc) is 3.03. The van der Waals surface area contributed by atoms with Crippen LogP contribution in [0.25, 0.3) is 11.1 Å². The Kier molecular flexibility index (Phi) is 4.04. The molecular formula is C19H14OS. The Hall–Kier alpha value is -2.50. The van der Waals surface area contributed by atoms with Crippen LogP contribution in [0.4, 0.5) is 0 Å². The van der Waals surface area contributed by atoms with Crippen LogP contribution in [0.1, 0.15) is 10.4 Å². The zero-order valence-electron chi connectivity index (χ0n) is 11.5. The van der Waals surface area contributed by atoms with Gasteiger partial charge in [0, 0.05) is 0 Å². The summed E-state index contributed by atoms with van der Waals surface area (Å²) in [5.41, 5.74) is 3.42. The molecule has 0 radical (unpaired) electrons. The molecule has 2 aromatic carbocycles. The van der Waals surface area contributed by atoms with Crippen molar-refractivity contribution in [1.82, 2.24) is 0 Å². The van der Waals surface area contributed by atoms with Crippen LogP contribution >= 0.6 is 11.3 Å². The molecule has 2 heteroatoms. The van der Waals surface area contributed by atoms with Gasteiger partial charge in [0.2, 0.25) is 0 Å². The highest BCUT2D eigenvalue weighted by Gasteiger charge is 2.03. The molecule has 21 heavy (non-hydrogen) atoms. The molecule has 1 heterocycles. The summed E-state index contributed by atoms with van der Waals surface area (Å²) in [5, 5.41) is 2.07. The highest BCUT2D eigenvalue weighted by molar-refractivity contribution is 7.11. The molecule has 0 amide bonds. The molecule has 0 saturated carbocycles. The van der Waals surface area contributed by atoms with E-state index in [1.54, 1.807) is 11.3 Å². The van der Waals surface area contributed by atoms with Gasteiger partial charge in [-0.05, 0) is 40.3 Å². The Morgan fingerprint density at radius 1 is 0.952 bits per heavy atom. The molecule has 0 aliphatic heterocycles. The van der Waals surface area contributed by atoms with Crippen LogP contribution in [0, 0.1) is 12.3 Å². The molecule has 0 unspecified atom stereocenters. The maximum atomic E-state index is 5.85. The fourth-order valence-corrected chi connectivity index (χ4v) is 2.79. The summed E-state index contributed by atoms with van der Waals surface area (Å²) in [6, 6.07) is 20.3. The quantitative estimate of drug-likeness (QED) is 0.616. The Bertz CT molecular complexity index is 766. The van der Waals surface area contributed by atoms with Gasteiger partial charge in [-0.2, -0.15) is 0 Å². The van der Waals surface area contributed by atoms with Gasteiger partial charge in [-0.25, -0.2) is 0 Å². The molecule has 0 fully saturated rings. The molecule has 0 spiro atoms. The summed E-state index contributed by atoms with van der Waals surface area (Å²) in [6.07, 6.45) is 5.42. The Morgan fingerprint density at radius 3 is 2.57 bits per heavy atom. The Labute approximate surface area is 128 Å². The van der Waals surface area contributed by atoms with Crippen molar-refractivity contribution in [3.8, 4) is 29.2 Å². The SMILES string of the molecule is C#Cc1cc(-c2cccc(OCc3ccccc3)c2)cs1. The van der Waals surface area contributed by atoms with E-state index >= 15 is 0 Å². The van der Waals surface area contributed by atoms with Crippen molar-refractivity contribution in [2.24, 2.45) is 0 Å². The van der Waals surface area contributed by atoms with Crippen molar-refractivity contribution in [3.63, 3.8) is 0 Å². The van der Waals surface area contributed by atoms with Crippen molar-refractivity contribution in [1.29, 1.82) is 0 Å². The van der Waals surface area contributed by atoms with Gasteiger partial charge in [-0.15, -0.1) is 17.8 Å². The topological polar surface area (TPSA) is 9.23 Å². The van der Waals surface area contributed by atoms with Crippen molar-refractivity contribution in [2.75, 3.05) is 0 Å². The fourth-order valence-electron chi connectivity index (χ4n) is 2.07. The fraction of sp³-hybridized carbons (Fsp3) is 0.0526. The Morgan fingerprint density at radius 2 is 1.81 bits per heavy atom. The van der Waals surface area contributed by atoms with Gasteiger partial charge >= 0.3 is 0 Å². The number of benzene rings is 2. The van der Waals surface area contributed by atoms with Crippen molar-refractivity contribution in [3.05, 3.63) is 76.5 Å². The van der Waals surface area contributed by atoms with Crippen LogP contribution in [0.5, 0.6) is 5.75 Å². The smallest absolute Gasteiger partial charge is 0.120 e. The number of thiophene rings is 1. The molecule has 3 aromatic rings. The van der Waals surface area contributed by atoms with E-state index in [0.717, 1.165) is 27.3 Å². The lowest BCUT2D eigenvalue weighted by molar-refractivity contribution is 0.306. The molecule has 1 nitrogen and oxygen atoms in total. The first-order valence-electron chi connectivity index (χ1n) is 6.67. The second-order valence-electron chi connectivity index (χ2n) is 4.65. The van der Waals surface area contributed by atoms with E-state index in [-0.39, 0.29) is 0 Å². The van der Waals surface area contributed by atoms with Crippen LogP contribution < -0.4 is 4.74 Å². The van der Waals surface area contributed by atoms with E-state index in [1.165, 1.54) is 0 Å². The maximum Gasteiger partial charge on any atom is 0.120 e. The van der Waals surface area contributed by atoms with Crippen LogP contribution in [-0.2, 0) is 6.61 Å². The van der Waals surface area contributed by atoms with E-state index in [1.807, 2.05) is 42.5 Å². The number of hydrogen-bond donors (Lipinski definition) is 0. The van der Waals surface area contributed by atoms with Crippen LogP contribution in [-0.4, -0.2) is 0 Å². The van der Waals surface area contributed by atoms with Crippen LogP contribution in [0.2, 0.25) is 0 Å². The lowest BCUT2D eigenvalue weighted by Crippen LogP contribution is -1.94. The standard InChI is InChI=1S/C19H14OS/c1-2-19-12-17(14-21-19)16-9-6-10-18(11-16)20-13-15-7-4-3-5-8-15/h1,3-12,14H,13H2. The highest BCUT2D eigenvalue weighted by atomic mass is 32.1. The van der Waals surface area contributed by atoms with Gasteiger partial charge in [-0.3, -0.25) is 0 Å². The predicted molar refractivity (Wildman–Crippen MR) is 88.5 cm³/mol. The average molecular weight is 290 g/mol. The molecule has 0 atom stereocenters. The monoisotopic (exact) mass is 290 g/mol. The van der Waals surface area contributed by atoms with Gasteiger partial charge in [0.15, 0.2) is 0 Å². The summed E-state index contributed by atoms with van der Waals surface area (Å²) in [4.78, 5) is 0.945. The van der Waals surface area contributed by atoms with Crippen LogP contribution in [0.15, 0.2) is 66.0 Å². The predicted octanol–water partition coefficient (Wildman–Crippen LogP) is 4.98. The third kappa shape index (κ3) is 3.34. The molecule has 0 saturated heterocycles. The van der Waals surface area contributed by atoms with E-state index in [4.69, 9.17) is 11.2 Å². The normalized spacial score (nSPS) is 10.0. The van der Waals surface area contributed by atoms with Crippen molar-refractivity contribution in [2.45, 2.75) is 6.61 Å². The molecule has 1 aromatic heterocycles. The number of ether oxygens (including phenoxy) is 1. The second kappa shape index (κ2) is 6.30. The van der Waals surface area contributed by atoms with Gasteiger partial charge in [-0.1, -0.05) is 48.4 Å². The minimum absolute atomic E-state index is 0.573. The van der Waals surface area contributed by atoms with Gasteiger partial charge in [0.05, 0.1) is 4.88 Å². The van der Waals surface area contributed by atoms with E-state index in [9.17, 15) is 0 Å². The molecule has 3 rings (SSSR count). The first kappa shape index (κ1) is 13.5. The molecule has 102 valence electrons. The molecule has 0 bridgehead atoms. The zero-order chi connectivity index (χ0) is 14.5. The van der Waals surface area contributed by atoms with Gasteiger partial charge < -0.3 is 4.74 Å². The summed E-state index contributed by atoms with van der Waals surface area (Å²) in [7, 11) is 0. The molecule has 0 aliphatic carbocycles. The maximum absolute atomic E-state index is 5.85. The van der Waals surface area contributed by atoms with Crippen molar-refractivity contribution >= 4 is 11.3 Å². The summed E-state index contributed by atoms with van der Waals surface area (Å²) in [5.74, 6) is 3.53. The minimum atomic E-state index is 0.573. The first-order chi connectivity index (χ1) is 10.3. The molecule has 0 aliphatic rings. The van der Waals surface area contributed by atoms with Crippen molar-refractivity contribution < 1.29 is 4.74 Å². The Balaban J connectivity index is 1.76. The zero-order valence-corrected chi connectivity index (χ0v) is 12.3. The number of terminal acetylenes is 1.